The second-order valence-electron chi connectivity index (χ2n) is 8.28. The van der Waals surface area contributed by atoms with E-state index < -0.39 is 9.84 Å². The second-order valence-corrected chi connectivity index (χ2v) is 10.3. The van der Waals surface area contributed by atoms with Gasteiger partial charge in [0.25, 0.3) is 0 Å². The van der Waals surface area contributed by atoms with E-state index in [2.05, 4.69) is 10.3 Å². The number of rotatable bonds is 7. The van der Waals surface area contributed by atoms with Gasteiger partial charge in [0.1, 0.15) is 0 Å². The smallest absolute Gasteiger partial charge is 0.334 e. The number of ether oxygens (including phenoxy) is 1. The van der Waals surface area contributed by atoms with Gasteiger partial charge in [0.05, 0.1) is 35.3 Å². The molecule has 6 nitrogen and oxygen atoms in total. The minimum atomic E-state index is -3.42. The normalized spacial score (nSPS) is 12.8. The number of sulfone groups is 1. The summed E-state index contributed by atoms with van der Waals surface area (Å²) in [5, 5.41) is 3.36. The summed E-state index contributed by atoms with van der Waals surface area (Å²) in [6, 6.07) is 14.6. The number of aryl methyl sites for hydroxylation is 2. The lowest BCUT2D eigenvalue weighted by molar-refractivity contribution is -0.136. The third-order valence-corrected chi connectivity index (χ3v) is 7.48. The van der Waals surface area contributed by atoms with Crippen molar-refractivity contribution in [1.29, 1.82) is 0 Å². The fourth-order valence-electron chi connectivity index (χ4n) is 3.81. The summed E-state index contributed by atoms with van der Waals surface area (Å²) in [6.45, 7) is 4.46. The molecule has 0 amide bonds. The first-order valence-electron chi connectivity index (χ1n) is 10.6. The number of methoxy groups -OCH3 is 1. The van der Waals surface area contributed by atoms with Crippen LogP contribution >= 0.6 is 0 Å². The van der Waals surface area contributed by atoms with Crippen molar-refractivity contribution in [3.63, 3.8) is 0 Å². The SMILES string of the molecule is COC(=O)C1=Cc2cc(NCc3cc(CS(=O)(=O)c4ccc(C)cc4)ccc3C)cnc2C1. The lowest BCUT2D eigenvalue weighted by Crippen LogP contribution is -2.07. The van der Waals surface area contributed by atoms with Crippen LogP contribution in [0.1, 0.15) is 33.5 Å². The molecule has 1 aliphatic carbocycles. The van der Waals surface area contributed by atoms with Crippen molar-refractivity contribution in [2.75, 3.05) is 12.4 Å². The van der Waals surface area contributed by atoms with Gasteiger partial charge in [-0.2, -0.15) is 0 Å². The van der Waals surface area contributed by atoms with Crippen LogP contribution in [0.5, 0.6) is 0 Å². The number of carbonyl (C=O) groups excluding carboxylic acids is 1. The van der Waals surface area contributed by atoms with Crippen molar-refractivity contribution in [3.05, 3.63) is 93.8 Å². The van der Waals surface area contributed by atoms with Crippen LogP contribution in [0.3, 0.4) is 0 Å². The van der Waals surface area contributed by atoms with E-state index in [1.165, 1.54) is 7.11 Å². The summed E-state index contributed by atoms with van der Waals surface area (Å²) < 4.78 is 30.5. The third-order valence-electron chi connectivity index (χ3n) is 5.77. The molecule has 170 valence electrons. The predicted molar refractivity (Wildman–Crippen MR) is 129 cm³/mol. The van der Waals surface area contributed by atoms with E-state index in [0.29, 0.717) is 23.4 Å². The Morgan fingerprint density at radius 3 is 2.58 bits per heavy atom. The molecule has 0 saturated heterocycles. The van der Waals surface area contributed by atoms with E-state index in [1.54, 1.807) is 24.4 Å². The van der Waals surface area contributed by atoms with Gasteiger partial charge in [0, 0.05) is 18.5 Å². The number of fused-ring (bicyclic) bond motifs is 1. The van der Waals surface area contributed by atoms with Crippen molar-refractivity contribution in [3.8, 4) is 0 Å². The summed E-state index contributed by atoms with van der Waals surface area (Å²) in [7, 11) is -2.05. The molecule has 0 saturated carbocycles. The first-order valence-corrected chi connectivity index (χ1v) is 12.3. The number of nitrogens with zero attached hydrogens (tertiary/aromatic N) is 1. The van der Waals surface area contributed by atoms with Crippen LogP contribution in [0.25, 0.3) is 6.08 Å². The number of aromatic nitrogens is 1. The molecule has 1 heterocycles. The largest absolute Gasteiger partial charge is 0.466 e. The maximum absolute atomic E-state index is 12.8. The van der Waals surface area contributed by atoms with Crippen molar-refractivity contribution >= 4 is 27.6 Å². The molecule has 3 aromatic rings. The highest BCUT2D eigenvalue weighted by molar-refractivity contribution is 7.90. The number of hydrogen-bond acceptors (Lipinski definition) is 6. The Kier molecular flexibility index (Phi) is 6.33. The Morgan fingerprint density at radius 1 is 1.09 bits per heavy atom. The van der Waals surface area contributed by atoms with Gasteiger partial charge in [-0.15, -0.1) is 0 Å². The number of nitrogens with one attached hydrogen (secondary N) is 1. The number of anilines is 1. The van der Waals surface area contributed by atoms with Crippen LogP contribution in [-0.4, -0.2) is 26.5 Å². The average molecular weight is 463 g/mol. The molecule has 1 aromatic heterocycles. The highest BCUT2D eigenvalue weighted by Crippen LogP contribution is 2.27. The Bertz CT molecular complexity index is 1340. The summed E-state index contributed by atoms with van der Waals surface area (Å²) in [6.07, 6.45) is 4.02. The molecule has 0 spiro atoms. The number of esters is 1. The highest BCUT2D eigenvalue weighted by Gasteiger charge is 2.20. The second kappa shape index (κ2) is 9.19. The Labute approximate surface area is 194 Å². The van der Waals surface area contributed by atoms with Crippen LogP contribution in [0.2, 0.25) is 0 Å². The zero-order valence-corrected chi connectivity index (χ0v) is 19.7. The van der Waals surface area contributed by atoms with Gasteiger partial charge in [0.2, 0.25) is 0 Å². The van der Waals surface area contributed by atoms with Crippen LogP contribution in [0.15, 0.2) is 65.2 Å². The summed E-state index contributed by atoms with van der Waals surface area (Å²) in [5.41, 5.74) is 7.02. The van der Waals surface area contributed by atoms with Crippen LogP contribution in [0.4, 0.5) is 5.69 Å². The number of pyridine rings is 1. The molecule has 1 N–H and O–H groups in total. The van der Waals surface area contributed by atoms with Gasteiger partial charge in [-0.3, -0.25) is 4.98 Å². The first kappa shape index (κ1) is 22.7. The lowest BCUT2D eigenvalue weighted by Gasteiger charge is -2.12. The number of carbonyl (C=O) groups is 1. The maximum Gasteiger partial charge on any atom is 0.334 e. The van der Waals surface area contributed by atoms with E-state index in [0.717, 1.165) is 39.2 Å². The first-order chi connectivity index (χ1) is 15.7. The molecular formula is C26H26N2O4S. The molecule has 0 fully saturated rings. The third kappa shape index (κ3) is 5.14. The maximum atomic E-state index is 12.8. The molecule has 0 atom stereocenters. The Morgan fingerprint density at radius 2 is 1.85 bits per heavy atom. The molecule has 1 aliphatic rings. The van der Waals surface area contributed by atoms with Crippen molar-refractivity contribution in [1.82, 2.24) is 4.98 Å². The quantitative estimate of drug-likeness (QED) is 0.524. The van der Waals surface area contributed by atoms with Crippen molar-refractivity contribution in [2.45, 2.75) is 37.5 Å². The monoisotopic (exact) mass is 462 g/mol. The fourth-order valence-corrected chi connectivity index (χ4v) is 5.15. The molecular weight excluding hydrogens is 436 g/mol. The summed E-state index contributed by atoms with van der Waals surface area (Å²) in [4.78, 5) is 16.6. The van der Waals surface area contributed by atoms with Gasteiger partial charge in [-0.25, -0.2) is 13.2 Å². The van der Waals surface area contributed by atoms with Gasteiger partial charge in [-0.1, -0.05) is 35.9 Å². The minimum Gasteiger partial charge on any atom is -0.466 e. The summed E-state index contributed by atoms with van der Waals surface area (Å²) >= 11 is 0. The van der Waals surface area contributed by atoms with Gasteiger partial charge >= 0.3 is 5.97 Å². The van der Waals surface area contributed by atoms with E-state index in [1.807, 2.05) is 50.2 Å². The lowest BCUT2D eigenvalue weighted by atomic mass is 10.1. The van der Waals surface area contributed by atoms with Gasteiger partial charge in [0.15, 0.2) is 9.84 Å². The molecule has 0 unspecified atom stereocenters. The zero-order valence-electron chi connectivity index (χ0n) is 18.9. The van der Waals surface area contributed by atoms with E-state index in [4.69, 9.17) is 4.74 Å². The fraction of sp³-hybridized carbons (Fsp3) is 0.231. The standard InChI is InChI=1S/C26H26N2O4S/c1-17-4-8-24(9-5-17)33(30,31)16-19-7-6-18(2)22(10-19)14-27-23-12-20-11-21(26(29)32-3)13-25(20)28-15-23/h4-12,15,27H,13-14,16H2,1-3H3. The highest BCUT2D eigenvalue weighted by atomic mass is 32.2. The van der Waals surface area contributed by atoms with Crippen molar-refractivity contribution in [2.24, 2.45) is 0 Å². The molecule has 4 rings (SSSR count). The van der Waals surface area contributed by atoms with Crippen LogP contribution < -0.4 is 5.32 Å². The molecule has 0 radical (unpaired) electrons. The predicted octanol–water partition coefficient (Wildman–Crippen LogP) is 4.40. The van der Waals surface area contributed by atoms with E-state index >= 15 is 0 Å². The Hall–Kier alpha value is -3.45. The number of benzene rings is 2. The topological polar surface area (TPSA) is 85.4 Å². The molecule has 33 heavy (non-hydrogen) atoms. The number of hydrogen-bond donors (Lipinski definition) is 1. The zero-order chi connectivity index (χ0) is 23.6. The van der Waals surface area contributed by atoms with Gasteiger partial charge in [-0.05, 0) is 60.4 Å². The van der Waals surface area contributed by atoms with Gasteiger partial charge < -0.3 is 10.1 Å². The molecule has 2 aromatic carbocycles. The molecule has 7 heteroatoms. The minimum absolute atomic E-state index is 0.0508. The average Bonchev–Trinajstić information content (AvgIpc) is 3.22. The van der Waals surface area contributed by atoms with E-state index in [-0.39, 0.29) is 11.7 Å². The molecule has 0 bridgehead atoms. The van der Waals surface area contributed by atoms with Crippen LogP contribution in [-0.2, 0) is 38.1 Å². The molecule has 0 aliphatic heterocycles. The van der Waals surface area contributed by atoms with Crippen LogP contribution in [0, 0.1) is 13.8 Å². The van der Waals surface area contributed by atoms with Crippen molar-refractivity contribution < 1.29 is 17.9 Å². The summed E-state index contributed by atoms with van der Waals surface area (Å²) in [5.74, 6) is -0.388. The Balaban J connectivity index is 1.48. The van der Waals surface area contributed by atoms with E-state index in [9.17, 15) is 13.2 Å².